The summed E-state index contributed by atoms with van der Waals surface area (Å²) < 4.78 is 5.65. The molecule has 0 aromatic heterocycles. The van der Waals surface area contributed by atoms with Crippen LogP contribution < -0.4 is 4.74 Å². The van der Waals surface area contributed by atoms with Gasteiger partial charge in [-0.15, -0.1) is 0 Å². The number of aliphatic hydroxyl groups is 1. The van der Waals surface area contributed by atoms with E-state index < -0.39 is 17.7 Å². The summed E-state index contributed by atoms with van der Waals surface area (Å²) in [4.78, 5) is 29.5. The van der Waals surface area contributed by atoms with E-state index in [2.05, 4.69) is 0 Å². The minimum atomic E-state index is -0.685. The second-order valence-electron chi connectivity index (χ2n) is 8.39. The van der Waals surface area contributed by atoms with Crippen LogP contribution in [0.4, 0.5) is 0 Å². The molecule has 6 nitrogen and oxygen atoms in total. The Bertz CT molecular complexity index is 998. The van der Waals surface area contributed by atoms with Crippen LogP contribution in [0.5, 0.6) is 5.75 Å². The number of rotatable bonds is 8. The fourth-order valence-corrected chi connectivity index (χ4v) is 3.90. The van der Waals surface area contributed by atoms with Crippen molar-refractivity contribution in [3.63, 3.8) is 0 Å². The summed E-state index contributed by atoms with van der Waals surface area (Å²) in [5.74, 6) is -0.829. The third-order valence-electron chi connectivity index (χ3n) is 5.23. The van der Waals surface area contributed by atoms with Crippen LogP contribution in [0.1, 0.15) is 37.4 Å². The molecule has 2 aromatic rings. The molecule has 1 atom stereocenters. The molecule has 1 saturated heterocycles. The van der Waals surface area contributed by atoms with Crippen LogP contribution in [-0.2, 0) is 9.59 Å². The summed E-state index contributed by atoms with van der Waals surface area (Å²) in [7, 11) is 3.91. The number of Topliss-reactive ketones (excluding diaryl/α,β-unsaturated/α-hetero) is 1. The average molecular weight is 457 g/mol. The van der Waals surface area contributed by atoms with Gasteiger partial charge in [0.15, 0.2) is 0 Å². The number of hydrogen-bond donors (Lipinski definition) is 1. The Labute approximate surface area is 194 Å². The predicted molar refractivity (Wildman–Crippen MR) is 126 cm³/mol. The molecule has 170 valence electrons. The van der Waals surface area contributed by atoms with Crippen LogP contribution in [0.3, 0.4) is 0 Å². The quantitative estimate of drug-likeness (QED) is 0.360. The maximum Gasteiger partial charge on any atom is 0.295 e. The first-order valence-electron chi connectivity index (χ1n) is 10.6. The lowest BCUT2D eigenvalue weighted by atomic mass is 9.95. The van der Waals surface area contributed by atoms with Crippen molar-refractivity contribution < 1.29 is 19.4 Å². The second kappa shape index (κ2) is 10.2. The van der Waals surface area contributed by atoms with Gasteiger partial charge < -0.3 is 19.6 Å². The van der Waals surface area contributed by atoms with Gasteiger partial charge in [0.1, 0.15) is 11.5 Å². The number of nitrogens with zero attached hydrogens (tertiary/aromatic N) is 2. The van der Waals surface area contributed by atoms with Crippen molar-refractivity contribution in [1.82, 2.24) is 9.80 Å². The maximum absolute atomic E-state index is 13.0. The van der Waals surface area contributed by atoms with E-state index in [-0.39, 0.29) is 17.4 Å². The number of likely N-dealkylation sites (tertiary alicyclic amines) is 1. The fraction of sp³-hybridized carbons (Fsp3) is 0.360. The number of ketones is 1. The molecule has 0 bridgehead atoms. The highest BCUT2D eigenvalue weighted by Gasteiger charge is 2.45. The molecule has 0 aliphatic carbocycles. The van der Waals surface area contributed by atoms with Gasteiger partial charge in [-0.1, -0.05) is 23.7 Å². The maximum atomic E-state index is 13.0. The number of carbonyl (C=O) groups excluding carboxylic acids is 2. The van der Waals surface area contributed by atoms with Gasteiger partial charge in [-0.2, -0.15) is 0 Å². The van der Waals surface area contributed by atoms with Gasteiger partial charge in [0.2, 0.25) is 0 Å². The molecule has 1 fully saturated rings. The Hall–Kier alpha value is -2.83. The van der Waals surface area contributed by atoms with E-state index >= 15 is 0 Å². The number of hydrogen-bond acceptors (Lipinski definition) is 5. The van der Waals surface area contributed by atoms with Gasteiger partial charge in [0.05, 0.1) is 17.7 Å². The molecule has 1 N–H and O–H groups in total. The first-order chi connectivity index (χ1) is 15.2. The van der Waals surface area contributed by atoms with E-state index in [4.69, 9.17) is 16.3 Å². The van der Waals surface area contributed by atoms with Crippen LogP contribution in [0.25, 0.3) is 5.76 Å². The number of amides is 1. The van der Waals surface area contributed by atoms with Crippen molar-refractivity contribution in [3.05, 3.63) is 70.3 Å². The number of aliphatic hydroxyl groups excluding tert-OH is 1. The zero-order chi connectivity index (χ0) is 23.4. The molecule has 0 spiro atoms. The smallest absolute Gasteiger partial charge is 0.295 e. The summed E-state index contributed by atoms with van der Waals surface area (Å²) >= 11 is 6.05. The summed E-state index contributed by atoms with van der Waals surface area (Å²) in [6.07, 6.45) is 0.720. The monoisotopic (exact) mass is 456 g/mol. The molecule has 0 saturated carbocycles. The molecule has 1 unspecified atom stereocenters. The van der Waals surface area contributed by atoms with Crippen molar-refractivity contribution in [2.24, 2.45) is 0 Å². The van der Waals surface area contributed by atoms with Crippen molar-refractivity contribution in [3.8, 4) is 5.75 Å². The highest BCUT2D eigenvalue weighted by Crippen LogP contribution is 2.39. The average Bonchev–Trinajstić information content (AvgIpc) is 2.99. The number of carbonyl (C=O) groups is 2. The Morgan fingerprint density at radius 2 is 1.72 bits per heavy atom. The van der Waals surface area contributed by atoms with Crippen molar-refractivity contribution in [2.45, 2.75) is 32.4 Å². The topological polar surface area (TPSA) is 70.1 Å². The Morgan fingerprint density at radius 1 is 1.09 bits per heavy atom. The Balaban J connectivity index is 2.03. The highest BCUT2D eigenvalue weighted by atomic mass is 35.5. The minimum Gasteiger partial charge on any atom is -0.507 e. The van der Waals surface area contributed by atoms with E-state index in [9.17, 15) is 14.7 Å². The zero-order valence-corrected chi connectivity index (χ0v) is 19.6. The Morgan fingerprint density at radius 3 is 2.28 bits per heavy atom. The van der Waals surface area contributed by atoms with Gasteiger partial charge >= 0.3 is 0 Å². The standard InChI is InChI=1S/C25H29ClN2O4/c1-16(2)32-20-12-8-18(9-13-20)23(29)21-22(17-6-10-19(26)11-7-17)28(25(31)24(21)30)15-5-14-27(3)4/h6-13,16,22,29H,5,14-15H2,1-4H3. The minimum absolute atomic E-state index is 0.0202. The van der Waals surface area contributed by atoms with Crippen molar-refractivity contribution in [2.75, 3.05) is 27.2 Å². The summed E-state index contributed by atoms with van der Waals surface area (Å²) in [6, 6.07) is 13.2. The van der Waals surface area contributed by atoms with Gasteiger partial charge in [-0.25, -0.2) is 0 Å². The van der Waals surface area contributed by atoms with E-state index in [0.29, 0.717) is 29.3 Å². The van der Waals surface area contributed by atoms with Gasteiger partial charge in [0, 0.05) is 17.1 Å². The van der Waals surface area contributed by atoms with E-state index in [1.54, 1.807) is 48.5 Å². The van der Waals surface area contributed by atoms with Crippen LogP contribution in [0.2, 0.25) is 5.02 Å². The van der Waals surface area contributed by atoms with Gasteiger partial charge in [-0.05, 0) is 82.9 Å². The number of ether oxygens (including phenoxy) is 1. The molecule has 0 radical (unpaired) electrons. The lowest BCUT2D eigenvalue weighted by Gasteiger charge is -2.26. The van der Waals surface area contributed by atoms with E-state index in [0.717, 1.165) is 12.1 Å². The van der Waals surface area contributed by atoms with Crippen LogP contribution in [0, 0.1) is 0 Å². The number of halogens is 1. The molecular weight excluding hydrogens is 428 g/mol. The van der Waals surface area contributed by atoms with Crippen LogP contribution in [-0.4, -0.2) is 59.9 Å². The second-order valence-corrected chi connectivity index (χ2v) is 8.83. The lowest BCUT2D eigenvalue weighted by Crippen LogP contribution is -2.32. The fourth-order valence-electron chi connectivity index (χ4n) is 3.78. The number of benzene rings is 2. The molecule has 1 heterocycles. The zero-order valence-electron chi connectivity index (χ0n) is 18.8. The molecule has 1 amide bonds. The predicted octanol–water partition coefficient (Wildman–Crippen LogP) is 4.50. The molecule has 3 rings (SSSR count). The Kier molecular flexibility index (Phi) is 7.59. The largest absolute Gasteiger partial charge is 0.507 e. The summed E-state index contributed by atoms with van der Waals surface area (Å²) in [5, 5.41) is 11.7. The van der Waals surface area contributed by atoms with E-state index in [1.807, 2.05) is 32.8 Å². The van der Waals surface area contributed by atoms with Gasteiger partial charge in [-0.3, -0.25) is 9.59 Å². The van der Waals surface area contributed by atoms with Gasteiger partial charge in [0.25, 0.3) is 11.7 Å². The van der Waals surface area contributed by atoms with Crippen molar-refractivity contribution >= 4 is 29.1 Å². The summed E-state index contributed by atoms with van der Waals surface area (Å²) in [5.41, 5.74) is 1.26. The molecule has 7 heteroatoms. The lowest BCUT2D eigenvalue weighted by molar-refractivity contribution is -0.139. The first kappa shape index (κ1) is 23.8. The summed E-state index contributed by atoms with van der Waals surface area (Å²) in [6.45, 7) is 5.02. The third-order valence-corrected chi connectivity index (χ3v) is 5.48. The molecule has 32 heavy (non-hydrogen) atoms. The van der Waals surface area contributed by atoms with Crippen LogP contribution >= 0.6 is 11.6 Å². The van der Waals surface area contributed by atoms with Crippen molar-refractivity contribution in [1.29, 1.82) is 0 Å². The highest BCUT2D eigenvalue weighted by molar-refractivity contribution is 6.46. The molecular formula is C25H29ClN2O4. The molecule has 1 aliphatic rings. The first-order valence-corrected chi connectivity index (χ1v) is 11.0. The van der Waals surface area contributed by atoms with E-state index in [1.165, 1.54) is 4.90 Å². The van der Waals surface area contributed by atoms with Crippen LogP contribution in [0.15, 0.2) is 54.1 Å². The third kappa shape index (κ3) is 5.31. The molecule has 1 aliphatic heterocycles. The normalized spacial score (nSPS) is 18.1. The SMILES string of the molecule is CC(C)Oc1ccc(C(O)=C2C(=O)C(=O)N(CCCN(C)C)C2c2ccc(Cl)cc2)cc1. The molecule has 2 aromatic carbocycles.